The second kappa shape index (κ2) is 11.1. The third-order valence-corrected chi connectivity index (χ3v) is 9.21. The molecule has 0 radical (unpaired) electrons. The summed E-state index contributed by atoms with van der Waals surface area (Å²) in [4.78, 5) is 0. The summed E-state index contributed by atoms with van der Waals surface area (Å²) in [5, 5.41) is 3.43. The molecule has 1 aromatic heterocycles. The molecule has 228 valence electrons. The Morgan fingerprint density at radius 2 is 0.939 bits per heavy atom. The van der Waals surface area contributed by atoms with Gasteiger partial charge in [-0.05, 0) is 95.0 Å². The molecule has 0 bridgehead atoms. The second-order valence-corrected chi connectivity index (χ2v) is 11.8. The highest BCUT2D eigenvalue weighted by Gasteiger charge is 2.18. The lowest BCUT2D eigenvalue weighted by Crippen LogP contribution is -1.90. The molecule has 0 aliphatic rings. The topological polar surface area (TPSA) is 13.1 Å². The van der Waals surface area contributed by atoms with E-state index in [1.807, 2.05) is 48.5 Å². The molecule has 0 aliphatic heterocycles. The average Bonchev–Trinajstić information content (AvgIpc) is 3.67. The van der Waals surface area contributed by atoms with Crippen LogP contribution >= 0.6 is 0 Å². The van der Waals surface area contributed by atoms with Gasteiger partial charge in [0.05, 0.1) is 17.8 Å². The van der Waals surface area contributed by atoms with E-state index < -0.39 is 84.1 Å². The van der Waals surface area contributed by atoms with Crippen molar-refractivity contribution >= 4 is 54.3 Å². The van der Waals surface area contributed by atoms with Crippen molar-refractivity contribution in [3.8, 4) is 44.5 Å². The zero-order chi connectivity index (χ0) is 43.6. The molecule has 1 nitrogen and oxygen atoms in total. The van der Waals surface area contributed by atoms with Gasteiger partial charge in [-0.3, -0.25) is 0 Å². The van der Waals surface area contributed by atoms with Gasteiger partial charge in [-0.15, -0.1) is 0 Å². The van der Waals surface area contributed by atoms with Crippen LogP contribution in [0.1, 0.15) is 17.8 Å². The second-order valence-electron chi connectivity index (χ2n) is 11.8. The molecular weight excluding hydrogens is 593 g/mol. The smallest absolute Gasteiger partial charge is 0.136 e. The predicted molar refractivity (Wildman–Crippen MR) is 208 cm³/mol. The first-order chi connectivity index (χ1) is 29.7. The van der Waals surface area contributed by atoms with Crippen LogP contribution in [0.25, 0.3) is 98.8 Å². The Labute approximate surface area is 302 Å². The lowest BCUT2D eigenvalue weighted by atomic mass is 9.86. The Kier molecular flexibility index (Phi) is 3.99. The van der Waals surface area contributed by atoms with Crippen molar-refractivity contribution in [2.75, 3.05) is 0 Å². The van der Waals surface area contributed by atoms with E-state index in [0.717, 1.165) is 49.4 Å². The number of fused-ring (bicyclic) bond motifs is 6. The van der Waals surface area contributed by atoms with E-state index in [4.69, 9.17) is 19.5 Å². The summed E-state index contributed by atoms with van der Waals surface area (Å²) in [5.41, 5.74) is 4.78. The van der Waals surface area contributed by atoms with E-state index in [2.05, 4.69) is 30.3 Å². The molecule has 0 unspecified atom stereocenters. The molecular formula is C48H30O. The maximum absolute atomic E-state index is 9.21. The molecule has 0 spiro atoms. The maximum atomic E-state index is 9.21. The molecule has 0 aliphatic carbocycles. The van der Waals surface area contributed by atoms with Crippen molar-refractivity contribution in [3.05, 3.63) is 182 Å². The van der Waals surface area contributed by atoms with Crippen LogP contribution in [0.5, 0.6) is 0 Å². The number of rotatable bonds is 4. The van der Waals surface area contributed by atoms with Crippen LogP contribution in [0.15, 0.2) is 186 Å². The molecule has 49 heavy (non-hydrogen) atoms. The average molecular weight is 636 g/mol. The van der Waals surface area contributed by atoms with Gasteiger partial charge in [0.1, 0.15) is 11.2 Å². The summed E-state index contributed by atoms with van der Waals surface area (Å²) in [6.07, 6.45) is 0. The first kappa shape index (κ1) is 17.6. The quantitative estimate of drug-likeness (QED) is 0.175. The molecule has 9 aromatic carbocycles. The van der Waals surface area contributed by atoms with Gasteiger partial charge >= 0.3 is 0 Å². The van der Waals surface area contributed by atoms with Crippen LogP contribution in [0.2, 0.25) is 0 Å². The van der Waals surface area contributed by atoms with E-state index in [0.29, 0.717) is 11.1 Å². The summed E-state index contributed by atoms with van der Waals surface area (Å²) in [6, 6.07) is 25.2. The summed E-state index contributed by atoms with van der Waals surface area (Å²) < 4.78 is 121. The Balaban J connectivity index is 1.21. The first-order valence-electron chi connectivity index (χ1n) is 22.3. The molecule has 0 saturated heterocycles. The van der Waals surface area contributed by atoms with Crippen molar-refractivity contribution in [2.45, 2.75) is 0 Å². The van der Waals surface area contributed by atoms with Gasteiger partial charge in [-0.1, -0.05) is 163 Å². The summed E-state index contributed by atoms with van der Waals surface area (Å²) in [7, 11) is 0. The molecule has 1 heteroatoms. The molecule has 10 aromatic rings. The minimum atomic E-state index is -0.713. The fourth-order valence-corrected chi connectivity index (χ4v) is 7.06. The summed E-state index contributed by atoms with van der Waals surface area (Å²) >= 11 is 0. The first-order valence-corrected chi connectivity index (χ1v) is 15.8. The van der Waals surface area contributed by atoms with Crippen LogP contribution in [0.4, 0.5) is 0 Å². The summed E-state index contributed by atoms with van der Waals surface area (Å²) in [5.74, 6) is 0. The van der Waals surface area contributed by atoms with Crippen LogP contribution in [-0.2, 0) is 0 Å². The normalized spacial score (nSPS) is 15.4. The number of furan rings is 1. The number of hydrogen-bond acceptors (Lipinski definition) is 1. The predicted octanol–water partition coefficient (Wildman–Crippen LogP) is 13.7. The van der Waals surface area contributed by atoms with Gasteiger partial charge in [0.25, 0.3) is 0 Å². The lowest BCUT2D eigenvalue weighted by molar-refractivity contribution is 0.669. The zero-order valence-electron chi connectivity index (χ0n) is 38.7. The standard InChI is InChI=1S/C48H30O/c1-2-13-33(14-3-1)46-39-17-6-8-19-41(39)47(42-20-9-7-18-40(42)46)34-26-24-31(25-27-34)35-28-29-43-45(30-35)49-44-23-11-22-38(48(43)44)37-21-10-15-32-12-4-5-16-36(32)37/h1-30H/i1D,2D,3D,6D,7D,8D,9D,13D,14D,17D,18D,19D,20D. The van der Waals surface area contributed by atoms with E-state index in [9.17, 15) is 2.74 Å². The van der Waals surface area contributed by atoms with Crippen molar-refractivity contribution in [1.82, 2.24) is 0 Å². The highest BCUT2D eigenvalue weighted by atomic mass is 16.3. The fourth-order valence-electron chi connectivity index (χ4n) is 7.06. The van der Waals surface area contributed by atoms with Gasteiger partial charge in [0, 0.05) is 10.8 Å². The highest BCUT2D eigenvalue weighted by Crippen LogP contribution is 2.44. The SMILES string of the molecule is [2H]c1c([2H])c([2H])c(-c2c3c([2H])c([2H])c([2H])c([2H])c3c(-c3ccc(-c4ccc5c(c4)oc4cccc(-c6cccc7ccccc67)c45)cc3)c3c([2H])c([2H])c([2H])c([2H])c23)c([2H])c1[2H]. The Hall–Kier alpha value is -6.44. The van der Waals surface area contributed by atoms with Gasteiger partial charge in [0.2, 0.25) is 0 Å². The van der Waals surface area contributed by atoms with Gasteiger partial charge in [0.15, 0.2) is 0 Å². The lowest BCUT2D eigenvalue weighted by Gasteiger charge is -2.18. The molecule has 0 atom stereocenters. The van der Waals surface area contributed by atoms with Crippen molar-refractivity contribution in [3.63, 3.8) is 0 Å². The van der Waals surface area contributed by atoms with E-state index in [1.54, 1.807) is 24.3 Å². The molecule has 10 rings (SSSR count). The molecule has 0 saturated carbocycles. The Morgan fingerprint density at radius 3 is 1.67 bits per heavy atom. The van der Waals surface area contributed by atoms with Crippen LogP contribution in [-0.4, -0.2) is 0 Å². The van der Waals surface area contributed by atoms with Crippen LogP contribution in [0.3, 0.4) is 0 Å². The molecule has 0 N–H and O–H groups in total. The minimum Gasteiger partial charge on any atom is -0.456 e. The van der Waals surface area contributed by atoms with Gasteiger partial charge in [-0.25, -0.2) is 0 Å². The van der Waals surface area contributed by atoms with Crippen molar-refractivity contribution in [1.29, 1.82) is 0 Å². The van der Waals surface area contributed by atoms with Crippen LogP contribution < -0.4 is 0 Å². The molecule has 1 heterocycles. The number of hydrogen-bond donors (Lipinski definition) is 0. The fraction of sp³-hybridized carbons (Fsp3) is 0. The minimum absolute atomic E-state index is 0.0744. The Morgan fingerprint density at radius 1 is 0.367 bits per heavy atom. The molecule has 0 fully saturated rings. The Bertz CT molecular complexity index is 3500. The van der Waals surface area contributed by atoms with Gasteiger partial charge in [-0.2, -0.15) is 0 Å². The van der Waals surface area contributed by atoms with E-state index in [-0.39, 0.29) is 32.7 Å². The molecule has 0 amide bonds. The number of benzene rings is 9. The summed E-state index contributed by atoms with van der Waals surface area (Å²) in [6.45, 7) is 0. The van der Waals surface area contributed by atoms with Crippen LogP contribution in [0, 0.1) is 0 Å². The third-order valence-electron chi connectivity index (χ3n) is 9.21. The van der Waals surface area contributed by atoms with Crippen molar-refractivity contribution < 1.29 is 22.2 Å². The maximum Gasteiger partial charge on any atom is 0.136 e. The largest absolute Gasteiger partial charge is 0.456 e. The van der Waals surface area contributed by atoms with Gasteiger partial charge < -0.3 is 4.42 Å². The zero-order valence-corrected chi connectivity index (χ0v) is 25.7. The third kappa shape index (κ3) is 4.40. The monoisotopic (exact) mass is 635 g/mol. The highest BCUT2D eigenvalue weighted by molar-refractivity contribution is 6.21. The van der Waals surface area contributed by atoms with Crippen molar-refractivity contribution in [2.24, 2.45) is 0 Å². The van der Waals surface area contributed by atoms with E-state index in [1.165, 1.54) is 0 Å². The van der Waals surface area contributed by atoms with E-state index >= 15 is 0 Å².